The molecular weight excluding hydrogens is 390 g/mol. The number of likely N-dealkylation sites (N-methyl/N-ethyl adjacent to an activating group) is 1. The Bertz CT molecular complexity index is 1180. The van der Waals surface area contributed by atoms with E-state index in [2.05, 4.69) is 5.32 Å². The molecule has 29 heavy (non-hydrogen) atoms. The van der Waals surface area contributed by atoms with Crippen molar-refractivity contribution in [3.63, 3.8) is 0 Å². The number of amides is 4. The number of aromatic nitrogens is 1. The molecule has 7 heteroatoms. The minimum absolute atomic E-state index is 0.0629. The number of rotatable bonds is 4. The molecule has 0 atom stereocenters. The van der Waals surface area contributed by atoms with Crippen molar-refractivity contribution in [2.45, 2.75) is 13.5 Å². The molecule has 146 valence electrons. The van der Waals surface area contributed by atoms with Crippen LogP contribution in [0.5, 0.6) is 0 Å². The monoisotopic (exact) mass is 407 g/mol. The molecule has 0 unspecified atom stereocenters. The SMILES string of the molecule is CCN1C(=O)NC(=O)/C(=C\c2cn(Cc3ccccc3Cl)c3ccccc23)C1=O. The van der Waals surface area contributed by atoms with Gasteiger partial charge in [0.1, 0.15) is 5.57 Å². The topological polar surface area (TPSA) is 71.4 Å². The minimum Gasteiger partial charge on any atom is -0.342 e. The van der Waals surface area contributed by atoms with Crippen LogP contribution in [0.1, 0.15) is 18.1 Å². The number of hydrogen-bond donors (Lipinski definition) is 1. The average Bonchev–Trinajstić information content (AvgIpc) is 3.05. The summed E-state index contributed by atoms with van der Waals surface area (Å²) in [5.41, 5.74) is 2.57. The molecule has 6 nitrogen and oxygen atoms in total. The summed E-state index contributed by atoms with van der Waals surface area (Å²) in [7, 11) is 0. The number of benzene rings is 2. The van der Waals surface area contributed by atoms with Gasteiger partial charge in [-0.3, -0.25) is 19.8 Å². The number of urea groups is 1. The Morgan fingerprint density at radius 3 is 2.52 bits per heavy atom. The van der Waals surface area contributed by atoms with E-state index in [1.807, 2.05) is 59.3 Å². The number of nitrogens with one attached hydrogen (secondary N) is 1. The summed E-state index contributed by atoms with van der Waals surface area (Å²) in [6, 6.07) is 14.6. The minimum atomic E-state index is -0.694. The molecule has 3 aromatic rings. The lowest BCUT2D eigenvalue weighted by atomic mass is 10.1. The maximum atomic E-state index is 12.6. The van der Waals surface area contributed by atoms with E-state index in [1.54, 1.807) is 6.92 Å². The maximum absolute atomic E-state index is 12.6. The number of carbonyl (C=O) groups is 3. The molecule has 2 heterocycles. The van der Waals surface area contributed by atoms with Gasteiger partial charge in [-0.05, 0) is 30.7 Å². The molecular formula is C22H18ClN3O3. The fourth-order valence-corrected chi connectivity index (χ4v) is 3.66. The molecule has 2 aromatic carbocycles. The molecule has 0 saturated carbocycles. The van der Waals surface area contributed by atoms with Gasteiger partial charge in [0, 0.05) is 40.8 Å². The van der Waals surface area contributed by atoms with Crippen molar-refractivity contribution in [1.29, 1.82) is 0 Å². The summed E-state index contributed by atoms with van der Waals surface area (Å²) < 4.78 is 2.02. The molecule has 0 spiro atoms. The van der Waals surface area contributed by atoms with Gasteiger partial charge in [0.2, 0.25) is 0 Å². The van der Waals surface area contributed by atoms with Crippen LogP contribution in [-0.4, -0.2) is 33.9 Å². The number of fused-ring (bicyclic) bond motifs is 1. The summed E-state index contributed by atoms with van der Waals surface area (Å²) in [5, 5.41) is 3.78. The van der Waals surface area contributed by atoms with E-state index in [9.17, 15) is 14.4 Å². The van der Waals surface area contributed by atoms with E-state index in [-0.39, 0.29) is 12.1 Å². The normalized spacial score (nSPS) is 16.0. The highest BCUT2D eigenvalue weighted by Gasteiger charge is 2.34. The highest BCUT2D eigenvalue weighted by molar-refractivity contribution is 6.31. The van der Waals surface area contributed by atoms with E-state index >= 15 is 0 Å². The first-order valence-electron chi connectivity index (χ1n) is 9.19. The lowest BCUT2D eigenvalue weighted by Crippen LogP contribution is -2.53. The Morgan fingerprint density at radius 2 is 1.76 bits per heavy atom. The predicted molar refractivity (Wildman–Crippen MR) is 111 cm³/mol. The summed E-state index contributed by atoms with van der Waals surface area (Å²) in [5.74, 6) is -1.28. The number of nitrogens with zero attached hydrogens (tertiary/aromatic N) is 2. The average molecular weight is 408 g/mol. The standard InChI is InChI=1S/C22H18ClN3O3/c1-2-26-21(28)17(20(27)24-22(26)29)11-15-13-25(19-10-6-4-8-16(15)19)12-14-7-3-5-9-18(14)23/h3-11,13H,2,12H2,1H3,(H,24,27,29)/b17-11+. The van der Waals surface area contributed by atoms with Crippen LogP contribution >= 0.6 is 11.6 Å². The van der Waals surface area contributed by atoms with Gasteiger partial charge in [-0.1, -0.05) is 48.0 Å². The molecule has 1 aromatic heterocycles. The Morgan fingerprint density at radius 1 is 1.03 bits per heavy atom. The highest BCUT2D eigenvalue weighted by atomic mass is 35.5. The van der Waals surface area contributed by atoms with Crippen LogP contribution < -0.4 is 5.32 Å². The second-order valence-electron chi connectivity index (χ2n) is 6.69. The largest absolute Gasteiger partial charge is 0.342 e. The second-order valence-corrected chi connectivity index (χ2v) is 7.09. The zero-order valence-corrected chi connectivity index (χ0v) is 16.4. The second kappa shape index (κ2) is 7.56. The Kier molecular flexibility index (Phi) is 4.94. The van der Waals surface area contributed by atoms with Crippen LogP contribution in [0.3, 0.4) is 0 Å². The lowest BCUT2D eigenvalue weighted by Gasteiger charge is -2.24. The van der Waals surface area contributed by atoms with Gasteiger partial charge in [-0.25, -0.2) is 4.79 Å². The zero-order valence-electron chi connectivity index (χ0n) is 15.7. The number of halogens is 1. The van der Waals surface area contributed by atoms with Gasteiger partial charge in [0.25, 0.3) is 11.8 Å². The first-order chi connectivity index (χ1) is 14.0. The molecule has 1 aliphatic rings. The highest BCUT2D eigenvalue weighted by Crippen LogP contribution is 2.27. The molecule has 0 aliphatic carbocycles. The lowest BCUT2D eigenvalue weighted by molar-refractivity contribution is -0.129. The maximum Gasteiger partial charge on any atom is 0.331 e. The van der Waals surface area contributed by atoms with Crippen molar-refractivity contribution in [2.24, 2.45) is 0 Å². The molecule has 4 amide bonds. The van der Waals surface area contributed by atoms with Crippen molar-refractivity contribution >= 4 is 46.4 Å². The van der Waals surface area contributed by atoms with Gasteiger partial charge in [-0.2, -0.15) is 0 Å². The quantitative estimate of drug-likeness (QED) is 0.528. The van der Waals surface area contributed by atoms with Crippen LogP contribution in [0, 0.1) is 0 Å². The summed E-state index contributed by atoms with van der Waals surface area (Å²) in [6.45, 7) is 2.41. The van der Waals surface area contributed by atoms with Crippen LogP contribution in [0.4, 0.5) is 4.79 Å². The van der Waals surface area contributed by atoms with E-state index < -0.39 is 17.8 Å². The van der Waals surface area contributed by atoms with E-state index in [1.165, 1.54) is 6.08 Å². The molecule has 1 aliphatic heterocycles. The summed E-state index contributed by atoms with van der Waals surface area (Å²) in [4.78, 5) is 37.7. The first-order valence-corrected chi connectivity index (χ1v) is 9.57. The molecule has 1 fully saturated rings. The third kappa shape index (κ3) is 3.43. The fraction of sp³-hybridized carbons (Fsp3) is 0.136. The van der Waals surface area contributed by atoms with Crippen LogP contribution in [-0.2, 0) is 16.1 Å². The van der Waals surface area contributed by atoms with Crippen molar-refractivity contribution in [3.05, 3.63) is 76.5 Å². The Hall–Kier alpha value is -3.38. The summed E-state index contributed by atoms with van der Waals surface area (Å²) in [6.07, 6.45) is 3.42. The van der Waals surface area contributed by atoms with Gasteiger partial charge < -0.3 is 4.57 Å². The predicted octanol–water partition coefficient (Wildman–Crippen LogP) is 3.82. The smallest absolute Gasteiger partial charge is 0.331 e. The fourth-order valence-electron chi connectivity index (χ4n) is 3.47. The molecule has 1 saturated heterocycles. The number of imide groups is 2. The molecule has 0 bridgehead atoms. The number of para-hydroxylation sites is 1. The van der Waals surface area contributed by atoms with Crippen LogP contribution in [0.15, 0.2) is 60.3 Å². The number of carbonyl (C=O) groups excluding carboxylic acids is 3. The van der Waals surface area contributed by atoms with Gasteiger partial charge in [0.05, 0.1) is 0 Å². The van der Waals surface area contributed by atoms with E-state index in [4.69, 9.17) is 11.6 Å². The molecule has 1 N–H and O–H groups in total. The summed E-state index contributed by atoms with van der Waals surface area (Å²) >= 11 is 6.31. The van der Waals surface area contributed by atoms with E-state index in [0.717, 1.165) is 26.9 Å². The zero-order chi connectivity index (χ0) is 20.5. The van der Waals surface area contributed by atoms with Crippen LogP contribution in [0.2, 0.25) is 5.02 Å². The number of barbiturate groups is 1. The van der Waals surface area contributed by atoms with Crippen molar-refractivity contribution in [3.8, 4) is 0 Å². The van der Waals surface area contributed by atoms with E-state index in [0.29, 0.717) is 11.6 Å². The molecule has 0 radical (unpaired) electrons. The van der Waals surface area contributed by atoms with Crippen molar-refractivity contribution in [2.75, 3.05) is 6.54 Å². The van der Waals surface area contributed by atoms with Gasteiger partial charge in [0.15, 0.2) is 0 Å². The Labute approximate surface area is 172 Å². The number of hydrogen-bond acceptors (Lipinski definition) is 3. The first kappa shape index (κ1) is 19.0. The molecule has 4 rings (SSSR count). The van der Waals surface area contributed by atoms with Gasteiger partial charge >= 0.3 is 6.03 Å². The van der Waals surface area contributed by atoms with Crippen molar-refractivity contribution in [1.82, 2.24) is 14.8 Å². The van der Waals surface area contributed by atoms with Gasteiger partial charge in [-0.15, -0.1) is 0 Å². The third-order valence-corrected chi connectivity index (χ3v) is 5.29. The third-order valence-electron chi connectivity index (χ3n) is 4.92. The van der Waals surface area contributed by atoms with Crippen molar-refractivity contribution < 1.29 is 14.4 Å². The van der Waals surface area contributed by atoms with Crippen LogP contribution in [0.25, 0.3) is 17.0 Å². The Balaban J connectivity index is 1.80.